The summed E-state index contributed by atoms with van der Waals surface area (Å²) in [5.41, 5.74) is 0.608. The van der Waals surface area contributed by atoms with Crippen LogP contribution in [0.25, 0.3) is 0 Å². The minimum absolute atomic E-state index is 0.191. The van der Waals surface area contributed by atoms with Crippen molar-refractivity contribution in [2.24, 2.45) is 5.92 Å². The Labute approximate surface area is 127 Å². The van der Waals surface area contributed by atoms with Crippen molar-refractivity contribution in [3.05, 3.63) is 35.6 Å². The van der Waals surface area contributed by atoms with Gasteiger partial charge in [-0.1, -0.05) is 12.1 Å². The molecule has 1 aromatic carbocycles. The van der Waals surface area contributed by atoms with Crippen LogP contribution in [0.2, 0.25) is 0 Å². The van der Waals surface area contributed by atoms with E-state index in [9.17, 15) is 14.0 Å². The Morgan fingerprint density at radius 2 is 2.05 bits per heavy atom. The van der Waals surface area contributed by atoms with Crippen LogP contribution in [-0.2, 0) is 19.1 Å². The zero-order valence-electron chi connectivity index (χ0n) is 11.9. The lowest BCUT2D eigenvalue weighted by molar-refractivity contribution is -0.162. The number of methoxy groups -OCH3 is 2. The summed E-state index contributed by atoms with van der Waals surface area (Å²) in [4.78, 5) is 24.8. The van der Waals surface area contributed by atoms with Crippen molar-refractivity contribution in [2.45, 2.75) is 12.2 Å². The molecule has 0 aromatic heterocycles. The van der Waals surface area contributed by atoms with Crippen molar-refractivity contribution in [3.63, 3.8) is 0 Å². The summed E-state index contributed by atoms with van der Waals surface area (Å²) >= 11 is 1.51. The number of hydrogen-bond acceptors (Lipinski definition) is 5. The van der Waals surface area contributed by atoms with Gasteiger partial charge in [-0.2, -0.15) is 11.8 Å². The maximum Gasteiger partial charge on any atom is 0.218 e. The summed E-state index contributed by atoms with van der Waals surface area (Å²) in [6.45, 7) is 0. The van der Waals surface area contributed by atoms with Crippen molar-refractivity contribution < 1.29 is 23.5 Å². The molecule has 0 spiro atoms. The van der Waals surface area contributed by atoms with Crippen molar-refractivity contribution in [3.8, 4) is 0 Å². The van der Waals surface area contributed by atoms with Crippen LogP contribution in [0.3, 0.4) is 0 Å². The highest BCUT2D eigenvalue weighted by Crippen LogP contribution is 2.33. The van der Waals surface area contributed by atoms with Gasteiger partial charge in [-0.3, -0.25) is 9.59 Å². The number of halogens is 1. The summed E-state index contributed by atoms with van der Waals surface area (Å²) in [7, 11) is 2.72. The molecule has 0 N–H and O–H groups in total. The number of ketones is 2. The van der Waals surface area contributed by atoms with Crippen LogP contribution in [0.5, 0.6) is 0 Å². The van der Waals surface area contributed by atoms with Crippen LogP contribution in [0.4, 0.5) is 4.39 Å². The van der Waals surface area contributed by atoms with E-state index in [1.165, 1.54) is 38.1 Å². The molecule has 1 aliphatic heterocycles. The van der Waals surface area contributed by atoms with Crippen LogP contribution in [-0.4, -0.2) is 43.6 Å². The first-order valence-corrected chi connectivity index (χ1v) is 7.70. The van der Waals surface area contributed by atoms with Gasteiger partial charge in [0.1, 0.15) is 5.82 Å². The first-order valence-electron chi connectivity index (χ1n) is 6.54. The van der Waals surface area contributed by atoms with Crippen molar-refractivity contribution in [1.82, 2.24) is 0 Å². The Kier molecular flexibility index (Phi) is 5.50. The van der Waals surface area contributed by atoms with Gasteiger partial charge in [0.15, 0.2) is 11.6 Å². The van der Waals surface area contributed by atoms with Gasteiger partial charge in [0.25, 0.3) is 0 Å². The molecule has 1 aliphatic rings. The van der Waals surface area contributed by atoms with Gasteiger partial charge in [-0.25, -0.2) is 4.39 Å². The predicted molar refractivity (Wildman–Crippen MR) is 77.8 cm³/mol. The van der Waals surface area contributed by atoms with Crippen LogP contribution < -0.4 is 0 Å². The van der Waals surface area contributed by atoms with Crippen molar-refractivity contribution in [2.75, 3.05) is 25.7 Å². The monoisotopic (exact) mass is 312 g/mol. The normalized spacial score (nSPS) is 22.6. The number of Topliss-reactive ketones (excluding diaryl/α,β-unsaturated/α-hetero) is 2. The van der Waals surface area contributed by atoms with Crippen LogP contribution in [0.15, 0.2) is 24.3 Å². The Hall–Kier alpha value is -1.24. The fourth-order valence-electron chi connectivity index (χ4n) is 2.41. The van der Waals surface area contributed by atoms with Gasteiger partial charge in [-0.05, 0) is 17.7 Å². The molecule has 21 heavy (non-hydrogen) atoms. The van der Waals surface area contributed by atoms with Crippen molar-refractivity contribution in [1.29, 1.82) is 0 Å². The SMILES string of the molecule is COC(OC)C(=O)C1CSCC(c2cccc(F)c2)C1=O. The molecule has 2 unspecified atom stereocenters. The van der Waals surface area contributed by atoms with Gasteiger partial charge in [0.05, 0.1) is 11.8 Å². The smallest absolute Gasteiger partial charge is 0.218 e. The van der Waals surface area contributed by atoms with Gasteiger partial charge in [-0.15, -0.1) is 0 Å². The molecule has 2 rings (SSSR count). The van der Waals surface area contributed by atoms with E-state index in [1.807, 2.05) is 0 Å². The first kappa shape index (κ1) is 16.1. The van der Waals surface area contributed by atoms with Gasteiger partial charge in [0, 0.05) is 25.7 Å². The molecule has 0 saturated carbocycles. The minimum Gasteiger partial charge on any atom is -0.349 e. The van der Waals surface area contributed by atoms with E-state index in [0.29, 0.717) is 17.1 Å². The van der Waals surface area contributed by atoms with Gasteiger partial charge in [0.2, 0.25) is 6.29 Å². The molecule has 1 heterocycles. The third-order valence-corrected chi connectivity index (χ3v) is 4.65. The first-order chi connectivity index (χ1) is 10.1. The number of benzene rings is 1. The average molecular weight is 312 g/mol. The molecular formula is C15H17FO4S. The van der Waals surface area contributed by atoms with E-state index < -0.39 is 18.1 Å². The lowest BCUT2D eigenvalue weighted by atomic mass is 9.86. The van der Waals surface area contributed by atoms with Crippen LogP contribution in [0, 0.1) is 11.7 Å². The van der Waals surface area contributed by atoms with E-state index in [-0.39, 0.29) is 17.4 Å². The second-order valence-corrected chi connectivity index (χ2v) is 5.88. The number of carbonyl (C=O) groups is 2. The highest BCUT2D eigenvalue weighted by molar-refractivity contribution is 7.99. The largest absolute Gasteiger partial charge is 0.349 e. The maximum absolute atomic E-state index is 13.3. The van der Waals surface area contributed by atoms with Gasteiger partial charge < -0.3 is 9.47 Å². The number of thioether (sulfide) groups is 1. The Morgan fingerprint density at radius 3 is 2.67 bits per heavy atom. The van der Waals surface area contributed by atoms with E-state index in [2.05, 4.69) is 0 Å². The summed E-state index contributed by atoms with van der Waals surface area (Å²) in [6, 6.07) is 5.96. The molecule has 1 saturated heterocycles. The molecule has 4 nitrogen and oxygen atoms in total. The Bertz CT molecular complexity index is 530. The fourth-order valence-corrected chi connectivity index (χ4v) is 3.70. The number of ether oxygens (including phenoxy) is 2. The second kappa shape index (κ2) is 7.15. The highest BCUT2D eigenvalue weighted by atomic mass is 32.2. The molecule has 0 amide bonds. The number of hydrogen-bond donors (Lipinski definition) is 0. The number of carbonyl (C=O) groups excluding carboxylic acids is 2. The summed E-state index contributed by atoms with van der Waals surface area (Å²) in [6.07, 6.45) is -1.04. The molecule has 1 aromatic rings. The number of rotatable bonds is 5. The highest BCUT2D eigenvalue weighted by Gasteiger charge is 2.40. The molecule has 1 fully saturated rings. The summed E-state index contributed by atoms with van der Waals surface area (Å²) < 4.78 is 23.2. The Morgan fingerprint density at radius 1 is 1.33 bits per heavy atom. The van der Waals surface area contributed by atoms with E-state index >= 15 is 0 Å². The average Bonchev–Trinajstić information content (AvgIpc) is 2.48. The quantitative estimate of drug-likeness (QED) is 0.615. The minimum atomic E-state index is -1.04. The molecule has 2 atom stereocenters. The zero-order valence-corrected chi connectivity index (χ0v) is 12.7. The van der Waals surface area contributed by atoms with Crippen molar-refractivity contribution >= 4 is 23.3 Å². The Balaban J connectivity index is 2.20. The fraction of sp³-hybridized carbons (Fsp3) is 0.467. The third kappa shape index (κ3) is 3.51. The van der Waals surface area contributed by atoms with Crippen LogP contribution >= 0.6 is 11.8 Å². The van der Waals surface area contributed by atoms with E-state index in [1.54, 1.807) is 12.1 Å². The summed E-state index contributed by atoms with van der Waals surface area (Å²) in [5, 5.41) is 0. The lowest BCUT2D eigenvalue weighted by Crippen LogP contribution is -2.41. The lowest BCUT2D eigenvalue weighted by Gasteiger charge is -2.28. The van der Waals surface area contributed by atoms with E-state index in [0.717, 1.165) is 0 Å². The molecule has 0 radical (unpaired) electrons. The molecular weight excluding hydrogens is 295 g/mol. The predicted octanol–water partition coefficient (Wildman–Crippen LogP) is 2.03. The topological polar surface area (TPSA) is 52.6 Å². The maximum atomic E-state index is 13.3. The molecule has 114 valence electrons. The second-order valence-electron chi connectivity index (χ2n) is 4.81. The molecule has 6 heteroatoms. The summed E-state index contributed by atoms with van der Waals surface area (Å²) in [5.74, 6) is -1.24. The third-order valence-electron chi connectivity index (χ3n) is 3.51. The molecule has 0 bridgehead atoms. The van der Waals surface area contributed by atoms with Gasteiger partial charge >= 0.3 is 0 Å². The van der Waals surface area contributed by atoms with Crippen LogP contribution in [0.1, 0.15) is 11.5 Å². The van der Waals surface area contributed by atoms with E-state index in [4.69, 9.17) is 9.47 Å². The zero-order chi connectivity index (χ0) is 15.4. The standard InChI is InChI=1S/C15H17FO4S/c1-19-15(20-2)14(18)12-8-21-7-11(13(12)17)9-4-3-5-10(16)6-9/h3-6,11-12,15H,7-8H2,1-2H3. The molecule has 0 aliphatic carbocycles.